The molecule has 1 rings (SSSR count). The lowest BCUT2D eigenvalue weighted by atomic mass is 10.1. The Kier molecular flexibility index (Phi) is 3.68. The van der Waals surface area contributed by atoms with E-state index in [9.17, 15) is 14.4 Å². The first kappa shape index (κ1) is 12.0. The van der Waals surface area contributed by atoms with Crippen LogP contribution in [0.2, 0.25) is 0 Å². The smallest absolute Gasteiger partial charge is 0.252 e. The Hall–Kier alpha value is -1.10. The number of hydrogen-bond acceptors (Lipinski definition) is 3. The summed E-state index contributed by atoms with van der Waals surface area (Å²) in [5.41, 5.74) is 0. The van der Waals surface area contributed by atoms with Gasteiger partial charge in [-0.2, -0.15) is 0 Å². The summed E-state index contributed by atoms with van der Waals surface area (Å²) in [7, 11) is 1.40. The van der Waals surface area contributed by atoms with Crippen molar-refractivity contribution in [2.75, 3.05) is 12.9 Å². The molecule has 15 heavy (non-hydrogen) atoms. The molecular weight excluding hydrogens is 220 g/mol. The molecule has 2 atom stereocenters. The van der Waals surface area contributed by atoms with Crippen LogP contribution in [-0.2, 0) is 14.4 Å². The second-order valence-corrected chi connectivity index (χ2v) is 3.92. The Labute approximate surface area is 92.8 Å². The molecule has 1 heterocycles. The van der Waals surface area contributed by atoms with Gasteiger partial charge in [-0.1, -0.05) is 6.92 Å². The fourth-order valence-corrected chi connectivity index (χ4v) is 1.39. The van der Waals surface area contributed by atoms with E-state index < -0.39 is 6.04 Å². The molecule has 0 aromatic carbocycles. The summed E-state index contributed by atoms with van der Waals surface area (Å²) < 4.78 is 0. The van der Waals surface area contributed by atoms with Crippen LogP contribution in [0, 0.1) is 5.92 Å². The number of imide groups is 1. The van der Waals surface area contributed by atoms with Gasteiger partial charge in [0.2, 0.25) is 11.8 Å². The molecule has 0 aliphatic carbocycles. The Morgan fingerprint density at radius 2 is 2.27 bits per heavy atom. The summed E-state index contributed by atoms with van der Waals surface area (Å²) >= 11 is 5.50. The molecule has 3 amide bonds. The van der Waals surface area contributed by atoms with Crippen LogP contribution in [0.1, 0.15) is 13.3 Å². The molecule has 0 spiro atoms. The van der Waals surface area contributed by atoms with E-state index in [0.29, 0.717) is 0 Å². The van der Waals surface area contributed by atoms with Gasteiger partial charge in [-0.15, -0.1) is 11.6 Å². The monoisotopic (exact) mass is 232 g/mol. The topological polar surface area (TPSA) is 66.5 Å². The summed E-state index contributed by atoms with van der Waals surface area (Å²) in [5.74, 6) is -1.11. The summed E-state index contributed by atoms with van der Waals surface area (Å²) in [6, 6.07) is -0.722. The number of likely N-dealkylation sites (tertiary alicyclic amines) is 1. The number of hydrogen-bond donors (Lipinski definition) is 1. The van der Waals surface area contributed by atoms with E-state index in [2.05, 4.69) is 5.32 Å². The zero-order valence-electron chi connectivity index (χ0n) is 8.62. The van der Waals surface area contributed by atoms with E-state index in [4.69, 9.17) is 11.6 Å². The third kappa shape index (κ3) is 2.47. The van der Waals surface area contributed by atoms with Crippen molar-refractivity contribution in [2.24, 2.45) is 5.92 Å². The van der Waals surface area contributed by atoms with Gasteiger partial charge in [-0.3, -0.25) is 19.3 Å². The molecule has 2 unspecified atom stereocenters. The van der Waals surface area contributed by atoms with Gasteiger partial charge in [-0.05, 0) is 0 Å². The summed E-state index contributed by atoms with van der Waals surface area (Å²) in [6.07, 6.45) is 0.0378. The van der Waals surface area contributed by atoms with Crippen LogP contribution < -0.4 is 5.32 Å². The first-order valence-electron chi connectivity index (χ1n) is 4.64. The number of nitrogens with zero attached hydrogens (tertiary/aromatic N) is 1. The van der Waals surface area contributed by atoms with Crippen LogP contribution in [0.5, 0.6) is 0 Å². The van der Waals surface area contributed by atoms with E-state index >= 15 is 0 Å². The summed E-state index contributed by atoms with van der Waals surface area (Å²) in [5, 5.41) is 2.50. The first-order chi connectivity index (χ1) is 6.97. The van der Waals surface area contributed by atoms with Gasteiger partial charge in [0.1, 0.15) is 6.04 Å². The molecule has 0 saturated carbocycles. The highest BCUT2D eigenvalue weighted by atomic mass is 35.5. The average Bonchev–Trinajstić information content (AvgIpc) is 2.45. The second-order valence-electron chi connectivity index (χ2n) is 3.61. The van der Waals surface area contributed by atoms with Gasteiger partial charge in [0.05, 0.1) is 6.42 Å². The van der Waals surface area contributed by atoms with Crippen molar-refractivity contribution in [3.63, 3.8) is 0 Å². The third-order valence-corrected chi connectivity index (χ3v) is 2.84. The molecular formula is C9H13ClN2O3. The SMILES string of the molecule is CC(CCl)C(=O)NC1CC(=O)N(C)C1=O. The molecule has 0 aromatic rings. The Morgan fingerprint density at radius 1 is 1.67 bits per heavy atom. The highest BCUT2D eigenvalue weighted by Crippen LogP contribution is 2.11. The van der Waals surface area contributed by atoms with E-state index in [-0.39, 0.29) is 35.9 Å². The van der Waals surface area contributed by atoms with Crippen molar-refractivity contribution in [1.29, 1.82) is 0 Å². The van der Waals surface area contributed by atoms with Gasteiger partial charge in [0.25, 0.3) is 5.91 Å². The molecule has 6 heteroatoms. The third-order valence-electron chi connectivity index (χ3n) is 2.38. The van der Waals surface area contributed by atoms with Crippen molar-refractivity contribution < 1.29 is 14.4 Å². The molecule has 0 radical (unpaired) electrons. The molecule has 1 aliphatic heterocycles. The maximum Gasteiger partial charge on any atom is 0.252 e. The summed E-state index contributed by atoms with van der Waals surface area (Å²) in [6.45, 7) is 1.66. The standard InChI is InChI=1S/C9H13ClN2O3/c1-5(4-10)8(14)11-6-3-7(13)12(2)9(6)15/h5-6H,3-4H2,1-2H3,(H,11,14). The predicted molar refractivity (Wildman–Crippen MR) is 54.2 cm³/mol. The normalized spacial score (nSPS) is 23.1. The van der Waals surface area contributed by atoms with Crippen molar-refractivity contribution in [1.82, 2.24) is 10.2 Å². The van der Waals surface area contributed by atoms with Crippen LogP contribution in [0.3, 0.4) is 0 Å². The number of alkyl halides is 1. The quantitative estimate of drug-likeness (QED) is 0.538. The maximum absolute atomic E-state index is 11.4. The van der Waals surface area contributed by atoms with Crippen LogP contribution in [0.4, 0.5) is 0 Å². The lowest BCUT2D eigenvalue weighted by Gasteiger charge is -2.13. The minimum atomic E-state index is -0.722. The van der Waals surface area contributed by atoms with Crippen molar-refractivity contribution in [3.05, 3.63) is 0 Å². The minimum absolute atomic E-state index is 0.0378. The zero-order valence-corrected chi connectivity index (χ0v) is 9.37. The predicted octanol–water partition coefficient (Wildman–Crippen LogP) is -0.265. The van der Waals surface area contributed by atoms with Gasteiger partial charge < -0.3 is 5.32 Å². The zero-order chi connectivity index (χ0) is 11.6. The lowest BCUT2D eigenvalue weighted by Crippen LogP contribution is -2.43. The highest BCUT2D eigenvalue weighted by molar-refractivity contribution is 6.19. The Balaban J connectivity index is 2.57. The molecule has 1 fully saturated rings. The van der Waals surface area contributed by atoms with Gasteiger partial charge in [0.15, 0.2) is 0 Å². The van der Waals surface area contributed by atoms with E-state index in [1.165, 1.54) is 7.05 Å². The molecule has 0 bridgehead atoms. The molecule has 1 N–H and O–H groups in total. The number of carbonyl (C=O) groups is 3. The number of amides is 3. The molecule has 1 saturated heterocycles. The van der Waals surface area contributed by atoms with Crippen molar-refractivity contribution in [2.45, 2.75) is 19.4 Å². The van der Waals surface area contributed by atoms with Gasteiger partial charge in [-0.25, -0.2) is 0 Å². The minimum Gasteiger partial charge on any atom is -0.343 e. The van der Waals surface area contributed by atoms with Crippen molar-refractivity contribution in [3.8, 4) is 0 Å². The molecule has 84 valence electrons. The number of halogens is 1. The number of rotatable bonds is 3. The fraction of sp³-hybridized carbons (Fsp3) is 0.667. The lowest BCUT2D eigenvalue weighted by molar-refractivity contribution is -0.138. The number of likely N-dealkylation sites (N-methyl/N-ethyl adjacent to an activating group) is 1. The number of carbonyl (C=O) groups excluding carboxylic acids is 3. The van der Waals surface area contributed by atoms with E-state index in [0.717, 1.165) is 4.90 Å². The summed E-state index contributed by atoms with van der Waals surface area (Å²) in [4.78, 5) is 35.0. The Bertz CT molecular complexity index is 306. The molecule has 0 aromatic heterocycles. The van der Waals surface area contributed by atoms with E-state index in [1.54, 1.807) is 6.92 Å². The maximum atomic E-state index is 11.4. The first-order valence-corrected chi connectivity index (χ1v) is 5.17. The largest absolute Gasteiger partial charge is 0.343 e. The number of nitrogens with one attached hydrogen (secondary N) is 1. The van der Waals surface area contributed by atoms with Gasteiger partial charge >= 0.3 is 0 Å². The second kappa shape index (κ2) is 4.61. The van der Waals surface area contributed by atoms with E-state index in [1.807, 2.05) is 0 Å². The molecule has 5 nitrogen and oxygen atoms in total. The van der Waals surface area contributed by atoms with Crippen LogP contribution >= 0.6 is 11.6 Å². The Morgan fingerprint density at radius 3 is 2.67 bits per heavy atom. The van der Waals surface area contributed by atoms with Gasteiger partial charge in [0, 0.05) is 18.8 Å². The van der Waals surface area contributed by atoms with Crippen LogP contribution in [0.25, 0.3) is 0 Å². The van der Waals surface area contributed by atoms with Crippen LogP contribution in [-0.4, -0.2) is 41.6 Å². The fourth-order valence-electron chi connectivity index (χ4n) is 1.25. The highest BCUT2D eigenvalue weighted by Gasteiger charge is 2.37. The average molecular weight is 233 g/mol. The van der Waals surface area contributed by atoms with Crippen molar-refractivity contribution >= 4 is 29.3 Å². The van der Waals surface area contributed by atoms with Crippen LogP contribution in [0.15, 0.2) is 0 Å². The molecule has 1 aliphatic rings.